The summed E-state index contributed by atoms with van der Waals surface area (Å²) in [4.78, 5) is 29.7. The third kappa shape index (κ3) is 3.96. The predicted octanol–water partition coefficient (Wildman–Crippen LogP) is 0.515. The monoisotopic (exact) mass is 177 g/mol. The van der Waals surface area contributed by atoms with Crippen molar-refractivity contribution in [3.8, 4) is 0 Å². The lowest BCUT2D eigenvalue weighted by Crippen LogP contribution is -2.21. The van der Waals surface area contributed by atoms with Crippen LogP contribution in [0.4, 0.5) is 0 Å². The third-order valence-electron chi connectivity index (χ3n) is 1.32. The summed E-state index contributed by atoms with van der Waals surface area (Å²) in [5, 5.41) is 0. The second-order valence-electron chi connectivity index (χ2n) is 2.31. The summed E-state index contributed by atoms with van der Waals surface area (Å²) >= 11 is 0. The zero-order valence-electron chi connectivity index (χ0n) is 6.40. The van der Waals surface area contributed by atoms with E-state index < -0.39 is 13.9 Å². The van der Waals surface area contributed by atoms with Gasteiger partial charge in [0.15, 0.2) is 6.16 Å². The van der Waals surface area contributed by atoms with Crippen molar-refractivity contribution in [1.29, 1.82) is 0 Å². The van der Waals surface area contributed by atoms with Gasteiger partial charge >= 0.3 is 8.03 Å². The van der Waals surface area contributed by atoms with Crippen molar-refractivity contribution in [3.63, 3.8) is 0 Å². The van der Waals surface area contributed by atoms with Crippen LogP contribution in [0, 0.1) is 5.92 Å². The van der Waals surface area contributed by atoms with E-state index in [0.717, 1.165) is 0 Å². The molecule has 0 saturated heterocycles. The first-order valence-electron chi connectivity index (χ1n) is 3.09. The van der Waals surface area contributed by atoms with E-state index in [0.29, 0.717) is 0 Å². The van der Waals surface area contributed by atoms with Crippen molar-refractivity contribution in [2.45, 2.75) is 13.8 Å². The molecular formula is C6H10O4P+. The zero-order valence-corrected chi connectivity index (χ0v) is 7.30. The molecular weight excluding hydrogens is 167 g/mol. The molecule has 0 radical (unpaired) electrons. The van der Waals surface area contributed by atoms with E-state index in [1.54, 1.807) is 0 Å². The van der Waals surface area contributed by atoms with Crippen molar-refractivity contribution in [1.82, 2.24) is 0 Å². The van der Waals surface area contributed by atoms with Crippen molar-refractivity contribution in [2.75, 3.05) is 6.16 Å². The SMILES string of the molecule is CC(=O)C(C[P+](=O)O)C(C)=O. The Labute approximate surface area is 65.5 Å². The minimum absolute atomic E-state index is 0.250. The molecule has 0 aromatic heterocycles. The molecule has 0 spiro atoms. The standard InChI is InChI=1S/C6H9O4P/c1-4(7)6(5(2)8)3-11(9)10/h6H,3H2,1-2H3/p+1. The summed E-state index contributed by atoms with van der Waals surface area (Å²) in [7, 11) is -2.40. The summed E-state index contributed by atoms with van der Waals surface area (Å²) < 4.78 is 10.3. The van der Waals surface area contributed by atoms with Crippen LogP contribution in [-0.4, -0.2) is 22.6 Å². The van der Waals surface area contributed by atoms with Crippen LogP contribution in [0.5, 0.6) is 0 Å². The molecule has 0 rings (SSSR count). The van der Waals surface area contributed by atoms with E-state index in [-0.39, 0.29) is 17.7 Å². The van der Waals surface area contributed by atoms with Crippen LogP contribution in [0.2, 0.25) is 0 Å². The van der Waals surface area contributed by atoms with Crippen molar-refractivity contribution < 1.29 is 19.0 Å². The van der Waals surface area contributed by atoms with Gasteiger partial charge in [-0.15, -0.1) is 0 Å². The highest BCUT2D eigenvalue weighted by atomic mass is 31.1. The molecule has 5 heteroatoms. The van der Waals surface area contributed by atoms with Crippen molar-refractivity contribution in [2.24, 2.45) is 5.92 Å². The molecule has 1 N–H and O–H groups in total. The van der Waals surface area contributed by atoms with E-state index >= 15 is 0 Å². The Bertz CT molecular complexity index is 185. The van der Waals surface area contributed by atoms with Gasteiger partial charge in [0.1, 0.15) is 17.5 Å². The Hall–Kier alpha value is -0.600. The van der Waals surface area contributed by atoms with Crippen molar-refractivity contribution >= 4 is 19.6 Å². The number of Topliss-reactive ketones (excluding diaryl/α,β-unsaturated/α-hetero) is 2. The van der Waals surface area contributed by atoms with Crippen LogP contribution in [-0.2, 0) is 14.2 Å². The summed E-state index contributed by atoms with van der Waals surface area (Å²) in [6.45, 7) is 2.48. The van der Waals surface area contributed by atoms with Gasteiger partial charge in [-0.1, -0.05) is 0 Å². The lowest BCUT2D eigenvalue weighted by atomic mass is 10.0. The minimum atomic E-state index is -2.40. The number of rotatable bonds is 4. The van der Waals surface area contributed by atoms with Gasteiger partial charge in [-0.05, 0) is 18.4 Å². The van der Waals surface area contributed by atoms with E-state index in [1.807, 2.05) is 0 Å². The molecule has 0 saturated carbocycles. The maximum Gasteiger partial charge on any atom is 0.506 e. The van der Waals surface area contributed by atoms with Crippen LogP contribution in [0.25, 0.3) is 0 Å². The molecule has 0 amide bonds. The van der Waals surface area contributed by atoms with Crippen LogP contribution >= 0.6 is 8.03 Å². The van der Waals surface area contributed by atoms with Crippen LogP contribution in [0.15, 0.2) is 0 Å². The lowest BCUT2D eigenvalue weighted by Gasteiger charge is -1.99. The number of hydrogen-bond donors (Lipinski definition) is 1. The van der Waals surface area contributed by atoms with E-state index in [4.69, 9.17) is 4.89 Å². The van der Waals surface area contributed by atoms with Gasteiger partial charge in [0.2, 0.25) is 0 Å². The average molecular weight is 177 g/mol. The van der Waals surface area contributed by atoms with E-state index in [2.05, 4.69) is 0 Å². The lowest BCUT2D eigenvalue weighted by molar-refractivity contribution is -0.129. The Morgan fingerprint density at radius 3 is 1.82 bits per heavy atom. The number of ketones is 2. The van der Waals surface area contributed by atoms with Gasteiger partial charge in [0.05, 0.1) is 0 Å². The Morgan fingerprint density at radius 1 is 1.36 bits per heavy atom. The normalized spacial score (nSPS) is 11.5. The van der Waals surface area contributed by atoms with Gasteiger partial charge in [-0.3, -0.25) is 9.59 Å². The topological polar surface area (TPSA) is 71.4 Å². The van der Waals surface area contributed by atoms with Crippen LogP contribution in [0.3, 0.4) is 0 Å². The van der Waals surface area contributed by atoms with Gasteiger partial charge in [-0.25, -0.2) is 0 Å². The molecule has 1 unspecified atom stereocenters. The quantitative estimate of drug-likeness (QED) is 0.501. The van der Waals surface area contributed by atoms with E-state index in [9.17, 15) is 14.2 Å². The zero-order chi connectivity index (χ0) is 9.02. The first kappa shape index (κ1) is 10.4. The molecule has 0 heterocycles. The second kappa shape index (κ2) is 4.31. The summed E-state index contributed by atoms with van der Waals surface area (Å²) in [5.41, 5.74) is 0. The molecule has 62 valence electrons. The largest absolute Gasteiger partial charge is 0.506 e. The molecule has 0 aliphatic heterocycles. The molecule has 0 aliphatic rings. The first-order valence-corrected chi connectivity index (χ1v) is 4.49. The molecule has 0 fully saturated rings. The van der Waals surface area contributed by atoms with Crippen LogP contribution < -0.4 is 0 Å². The Kier molecular flexibility index (Phi) is 4.08. The highest BCUT2D eigenvalue weighted by molar-refractivity contribution is 7.38. The maximum absolute atomic E-state index is 10.7. The summed E-state index contributed by atoms with van der Waals surface area (Å²) in [6.07, 6.45) is -0.250. The maximum atomic E-state index is 10.7. The van der Waals surface area contributed by atoms with Crippen LogP contribution in [0.1, 0.15) is 13.8 Å². The minimum Gasteiger partial charge on any atom is -0.299 e. The fourth-order valence-corrected chi connectivity index (χ4v) is 1.53. The predicted molar refractivity (Wildman–Crippen MR) is 39.5 cm³/mol. The highest BCUT2D eigenvalue weighted by Gasteiger charge is 2.28. The molecule has 0 aliphatic carbocycles. The first-order chi connectivity index (χ1) is 4.95. The second-order valence-corrected chi connectivity index (χ2v) is 3.38. The average Bonchev–Trinajstić information content (AvgIpc) is 1.81. The molecule has 0 bridgehead atoms. The Balaban J connectivity index is 4.23. The van der Waals surface area contributed by atoms with Gasteiger partial charge in [-0.2, -0.15) is 4.89 Å². The number of carbonyl (C=O) groups is 2. The summed E-state index contributed by atoms with van der Waals surface area (Å²) in [5.74, 6) is -1.60. The third-order valence-corrected chi connectivity index (χ3v) is 2.00. The number of hydrogen-bond acceptors (Lipinski definition) is 3. The smallest absolute Gasteiger partial charge is 0.299 e. The van der Waals surface area contributed by atoms with Crippen molar-refractivity contribution in [3.05, 3.63) is 0 Å². The highest BCUT2D eigenvalue weighted by Crippen LogP contribution is 2.19. The molecule has 0 aromatic carbocycles. The molecule has 1 atom stereocenters. The Morgan fingerprint density at radius 2 is 1.73 bits per heavy atom. The van der Waals surface area contributed by atoms with Gasteiger partial charge in [0.25, 0.3) is 0 Å². The van der Waals surface area contributed by atoms with Gasteiger partial charge in [0, 0.05) is 0 Å². The molecule has 4 nitrogen and oxygen atoms in total. The van der Waals surface area contributed by atoms with Gasteiger partial charge < -0.3 is 0 Å². The van der Waals surface area contributed by atoms with E-state index in [1.165, 1.54) is 13.8 Å². The number of carbonyl (C=O) groups excluding carboxylic acids is 2. The fraction of sp³-hybridized carbons (Fsp3) is 0.667. The molecule has 11 heavy (non-hydrogen) atoms. The molecule has 0 aromatic rings. The fourth-order valence-electron chi connectivity index (χ4n) is 0.700. The summed E-state index contributed by atoms with van der Waals surface area (Å²) in [6, 6.07) is 0.